The number of anilines is 1. The Labute approximate surface area is 204 Å². The molecule has 0 bridgehead atoms. The Kier molecular flexibility index (Phi) is 7.29. The summed E-state index contributed by atoms with van der Waals surface area (Å²) in [4.78, 5) is 4.81. The second-order valence-electron chi connectivity index (χ2n) is 8.54. The van der Waals surface area contributed by atoms with E-state index in [1.807, 2.05) is 24.3 Å². The number of halogens is 2. The van der Waals surface area contributed by atoms with Crippen molar-refractivity contribution >= 4 is 18.1 Å². The van der Waals surface area contributed by atoms with Crippen LogP contribution in [0.5, 0.6) is 0 Å². The lowest BCUT2D eigenvalue weighted by molar-refractivity contribution is 0.200. The highest BCUT2D eigenvalue weighted by Crippen LogP contribution is 2.30. The van der Waals surface area contributed by atoms with Crippen molar-refractivity contribution in [3.05, 3.63) is 95.0 Å². The molecule has 3 heterocycles. The third-order valence-electron chi connectivity index (χ3n) is 6.26. The van der Waals surface area contributed by atoms with E-state index < -0.39 is 0 Å². The van der Waals surface area contributed by atoms with Gasteiger partial charge in [0, 0.05) is 31.9 Å². The number of furan rings is 1. The number of benzene rings is 2. The van der Waals surface area contributed by atoms with Crippen LogP contribution < -0.4 is 4.90 Å². The van der Waals surface area contributed by atoms with E-state index >= 15 is 0 Å². The smallest absolute Gasteiger partial charge is 0.173 e. The molecule has 1 unspecified atom stereocenters. The van der Waals surface area contributed by atoms with Crippen LogP contribution in [0.15, 0.2) is 65.3 Å². The predicted octanol–water partition coefficient (Wildman–Crippen LogP) is 4.40. The molecular weight excluding hydrogens is 455 g/mol. The second-order valence-corrected chi connectivity index (χ2v) is 8.54. The molecule has 7 nitrogen and oxygen atoms in total. The number of hydrogen-bond donors (Lipinski definition) is 0. The molecule has 9 heteroatoms. The van der Waals surface area contributed by atoms with Crippen LogP contribution in [0.3, 0.4) is 0 Å². The van der Waals surface area contributed by atoms with Crippen molar-refractivity contribution in [2.24, 2.45) is 0 Å². The van der Waals surface area contributed by atoms with E-state index in [9.17, 15) is 4.39 Å². The van der Waals surface area contributed by atoms with Crippen molar-refractivity contribution in [3.8, 4) is 0 Å². The molecular formula is C25H28ClFN6O. The third-order valence-corrected chi connectivity index (χ3v) is 6.26. The van der Waals surface area contributed by atoms with Gasteiger partial charge >= 0.3 is 0 Å². The van der Waals surface area contributed by atoms with Crippen LogP contribution in [0.1, 0.15) is 34.3 Å². The molecule has 2 aromatic carbocycles. The maximum Gasteiger partial charge on any atom is 0.173 e. The zero-order chi connectivity index (χ0) is 22.8. The number of aromatic nitrogens is 4. The maximum atomic E-state index is 13.7. The lowest BCUT2D eigenvalue weighted by Crippen LogP contribution is -2.48. The molecule has 1 fully saturated rings. The van der Waals surface area contributed by atoms with Gasteiger partial charge in [0.2, 0.25) is 0 Å². The fourth-order valence-electron chi connectivity index (χ4n) is 4.52. The van der Waals surface area contributed by atoms with E-state index in [2.05, 4.69) is 57.4 Å². The lowest BCUT2D eigenvalue weighted by atomic mass is 10.0. The van der Waals surface area contributed by atoms with Crippen LogP contribution in [-0.2, 0) is 6.54 Å². The average Bonchev–Trinajstić information content (AvgIpc) is 3.50. The predicted molar refractivity (Wildman–Crippen MR) is 131 cm³/mol. The topological polar surface area (TPSA) is 63.2 Å². The van der Waals surface area contributed by atoms with Crippen LogP contribution >= 0.6 is 12.4 Å². The van der Waals surface area contributed by atoms with Gasteiger partial charge in [-0.25, -0.2) is 9.07 Å². The molecule has 0 saturated carbocycles. The van der Waals surface area contributed by atoms with Gasteiger partial charge in [0.25, 0.3) is 0 Å². The SMILES string of the molecule is Cc1ccc(C)c(N2CCN(C(c3ccc(F)cc3)c3nnnn3Cc3ccco3)CC2)c1.Cl. The number of hydrogen-bond acceptors (Lipinski definition) is 6. The van der Waals surface area contributed by atoms with Gasteiger partial charge in [0.1, 0.15) is 18.1 Å². The Bertz CT molecular complexity index is 1200. The van der Waals surface area contributed by atoms with Crippen molar-refractivity contribution in [1.29, 1.82) is 0 Å². The number of piperazine rings is 1. The summed E-state index contributed by atoms with van der Waals surface area (Å²) in [6.07, 6.45) is 1.64. The van der Waals surface area contributed by atoms with E-state index in [-0.39, 0.29) is 24.3 Å². The van der Waals surface area contributed by atoms with Crippen molar-refractivity contribution in [1.82, 2.24) is 25.1 Å². The van der Waals surface area contributed by atoms with E-state index in [1.54, 1.807) is 10.9 Å². The van der Waals surface area contributed by atoms with Crippen LogP contribution in [0.25, 0.3) is 0 Å². The van der Waals surface area contributed by atoms with Crippen molar-refractivity contribution in [2.45, 2.75) is 26.4 Å². The number of nitrogens with zero attached hydrogens (tertiary/aromatic N) is 6. The number of tetrazole rings is 1. The fourth-order valence-corrected chi connectivity index (χ4v) is 4.52. The van der Waals surface area contributed by atoms with Crippen LogP contribution in [0, 0.1) is 19.7 Å². The summed E-state index contributed by atoms with van der Waals surface area (Å²) >= 11 is 0. The Hall–Kier alpha value is -3.23. The van der Waals surface area contributed by atoms with E-state index in [4.69, 9.17) is 4.42 Å². The molecule has 1 atom stereocenters. The average molecular weight is 483 g/mol. The fraction of sp³-hybridized carbons (Fsp3) is 0.320. The molecule has 0 N–H and O–H groups in total. The highest BCUT2D eigenvalue weighted by Gasteiger charge is 2.31. The van der Waals surface area contributed by atoms with Gasteiger partial charge < -0.3 is 9.32 Å². The van der Waals surface area contributed by atoms with Crippen LogP contribution in [0.2, 0.25) is 0 Å². The van der Waals surface area contributed by atoms with E-state index in [1.165, 1.54) is 28.9 Å². The van der Waals surface area contributed by atoms with Gasteiger partial charge in [0.05, 0.1) is 12.3 Å². The van der Waals surface area contributed by atoms with Gasteiger partial charge in [-0.15, -0.1) is 17.5 Å². The molecule has 2 aromatic heterocycles. The van der Waals surface area contributed by atoms with Crippen molar-refractivity contribution in [3.63, 3.8) is 0 Å². The summed E-state index contributed by atoms with van der Waals surface area (Å²) in [5.74, 6) is 1.24. The van der Waals surface area contributed by atoms with Gasteiger partial charge in [-0.1, -0.05) is 24.3 Å². The van der Waals surface area contributed by atoms with Crippen LogP contribution in [0.4, 0.5) is 10.1 Å². The summed E-state index contributed by atoms with van der Waals surface area (Å²) in [5, 5.41) is 12.6. The molecule has 1 aliphatic rings. The molecule has 34 heavy (non-hydrogen) atoms. The summed E-state index contributed by atoms with van der Waals surface area (Å²) in [6, 6.07) is 16.8. The Morgan fingerprint density at radius 1 is 1.00 bits per heavy atom. The molecule has 178 valence electrons. The summed E-state index contributed by atoms with van der Waals surface area (Å²) in [7, 11) is 0. The first kappa shape index (κ1) is 23.9. The highest BCUT2D eigenvalue weighted by molar-refractivity contribution is 5.85. The standard InChI is InChI=1S/C25H27FN6O.ClH/c1-18-5-6-19(2)23(16-18)30-11-13-31(14-12-30)24(20-7-9-21(26)10-8-20)25-27-28-29-32(25)17-22-4-3-15-33-22;/h3-10,15-16,24H,11-14,17H2,1-2H3;1H. The van der Waals surface area contributed by atoms with Crippen LogP contribution in [-0.4, -0.2) is 51.3 Å². The van der Waals surface area contributed by atoms with Gasteiger partial charge in [0.15, 0.2) is 5.82 Å². The first-order chi connectivity index (χ1) is 16.1. The molecule has 0 amide bonds. The summed E-state index contributed by atoms with van der Waals surface area (Å²) < 4.78 is 21.0. The number of rotatable bonds is 6. The maximum absolute atomic E-state index is 13.7. The zero-order valence-electron chi connectivity index (χ0n) is 19.3. The Morgan fingerprint density at radius 2 is 1.76 bits per heavy atom. The number of aryl methyl sites for hydroxylation is 2. The minimum atomic E-state index is -0.257. The lowest BCUT2D eigenvalue weighted by Gasteiger charge is -2.40. The monoisotopic (exact) mass is 482 g/mol. The van der Waals surface area contributed by atoms with Crippen molar-refractivity contribution < 1.29 is 8.81 Å². The Morgan fingerprint density at radius 3 is 2.47 bits per heavy atom. The molecule has 0 spiro atoms. The highest BCUT2D eigenvalue weighted by atomic mass is 35.5. The van der Waals surface area contributed by atoms with Gasteiger partial charge in [-0.2, -0.15) is 0 Å². The Balaban J connectivity index is 0.00000274. The largest absolute Gasteiger partial charge is 0.467 e. The van der Waals surface area contributed by atoms with Crippen molar-refractivity contribution in [2.75, 3.05) is 31.1 Å². The first-order valence-electron chi connectivity index (χ1n) is 11.2. The molecule has 1 aliphatic heterocycles. The minimum absolute atomic E-state index is 0. The second kappa shape index (κ2) is 10.4. The van der Waals surface area contributed by atoms with E-state index in [0.29, 0.717) is 6.54 Å². The third kappa shape index (κ3) is 4.98. The van der Waals surface area contributed by atoms with E-state index in [0.717, 1.165) is 43.3 Å². The molecule has 0 radical (unpaired) electrons. The summed E-state index contributed by atoms with van der Waals surface area (Å²) in [5.41, 5.74) is 4.80. The van der Waals surface area contributed by atoms with Gasteiger partial charge in [-0.05, 0) is 71.3 Å². The quantitative estimate of drug-likeness (QED) is 0.406. The zero-order valence-corrected chi connectivity index (χ0v) is 20.1. The first-order valence-corrected chi connectivity index (χ1v) is 11.2. The summed E-state index contributed by atoms with van der Waals surface area (Å²) in [6.45, 7) is 8.18. The molecule has 5 rings (SSSR count). The molecule has 0 aliphatic carbocycles. The molecule has 4 aromatic rings. The van der Waals surface area contributed by atoms with Gasteiger partial charge in [-0.3, -0.25) is 4.90 Å². The normalized spacial score (nSPS) is 15.2. The molecule has 1 saturated heterocycles. The minimum Gasteiger partial charge on any atom is -0.467 e.